The summed E-state index contributed by atoms with van der Waals surface area (Å²) in [7, 11) is -4.41. The zero-order valence-corrected chi connectivity index (χ0v) is 52.1. The number of allylic oxidation sites excluding steroid dienone is 26. The van der Waals surface area contributed by atoms with E-state index in [1.165, 1.54) is 89.9 Å². The molecule has 9 nitrogen and oxygen atoms in total. The maximum atomic E-state index is 12.7. The van der Waals surface area contributed by atoms with Crippen molar-refractivity contribution in [2.24, 2.45) is 5.73 Å². The first-order valence-corrected chi connectivity index (χ1v) is 33.5. The van der Waals surface area contributed by atoms with Crippen LogP contribution in [0.5, 0.6) is 0 Å². The summed E-state index contributed by atoms with van der Waals surface area (Å²) in [6.45, 7) is 3.57. The van der Waals surface area contributed by atoms with E-state index in [0.717, 1.165) is 122 Å². The lowest BCUT2D eigenvalue weighted by Crippen LogP contribution is -2.29. The zero-order valence-electron chi connectivity index (χ0n) is 51.2. The number of ether oxygens (including phenoxy) is 2. The predicted octanol–water partition coefficient (Wildman–Crippen LogP) is 20.8. The van der Waals surface area contributed by atoms with Gasteiger partial charge in [0.1, 0.15) is 6.61 Å². The first-order chi connectivity index (χ1) is 39.8. The first kappa shape index (κ1) is 76.6. The maximum absolute atomic E-state index is 12.7. The molecule has 2 atom stereocenters. The van der Waals surface area contributed by atoms with Crippen molar-refractivity contribution in [1.29, 1.82) is 0 Å². The lowest BCUT2D eigenvalue weighted by atomic mass is 10.0. The van der Waals surface area contributed by atoms with Crippen LogP contribution in [0.15, 0.2) is 158 Å². The van der Waals surface area contributed by atoms with E-state index >= 15 is 0 Å². The van der Waals surface area contributed by atoms with Crippen LogP contribution in [-0.2, 0) is 32.7 Å². The van der Waals surface area contributed by atoms with Gasteiger partial charge in [0.2, 0.25) is 0 Å². The van der Waals surface area contributed by atoms with Crippen molar-refractivity contribution < 1.29 is 37.6 Å². The molecular formula is C71H116NO8P. The van der Waals surface area contributed by atoms with Gasteiger partial charge < -0.3 is 20.1 Å². The third-order valence-electron chi connectivity index (χ3n) is 12.9. The van der Waals surface area contributed by atoms with E-state index in [1.807, 2.05) is 0 Å². The number of carbonyl (C=O) groups excluding carboxylic acids is 2. The summed E-state index contributed by atoms with van der Waals surface area (Å²) >= 11 is 0. The smallest absolute Gasteiger partial charge is 0.462 e. The highest BCUT2D eigenvalue weighted by Crippen LogP contribution is 2.43. The fraction of sp³-hybridized carbons (Fsp3) is 0.606. The van der Waals surface area contributed by atoms with Crippen LogP contribution in [0.1, 0.15) is 245 Å². The fourth-order valence-electron chi connectivity index (χ4n) is 8.20. The van der Waals surface area contributed by atoms with Gasteiger partial charge in [-0.3, -0.25) is 18.6 Å². The van der Waals surface area contributed by atoms with Gasteiger partial charge in [-0.15, -0.1) is 0 Å². The van der Waals surface area contributed by atoms with Crippen LogP contribution < -0.4 is 5.73 Å². The van der Waals surface area contributed by atoms with Gasteiger partial charge in [-0.1, -0.05) is 262 Å². The molecule has 3 N–H and O–H groups in total. The molecule has 0 saturated carbocycles. The van der Waals surface area contributed by atoms with E-state index in [2.05, 4.69) is 172 Å². The summed E-state index contributed by atoms with van der Waals surface area (Å²) in [5.74, 6) is -0.877. The number of phosphoric acid groups is 1. The zero-order chi connectivity index (χ0) is 58.7. The van der Waals surface area contributed by atoms with E-state index < -0.39 is 32.5 Å². The first-order valence-electron chi connectivity index (χ1n) is 32.0. The molecule has 0 aliphatic rings. The SMILES string of the molecule is CC/C=C\C/C=C\C/C=C\C/C=C\C/C=C\C/C=C\C/C=C\C/C=C\C/C=C\C/C=C\C/C=C\CCCCCC(=O)OC(COC(=O)CCCCCCCCCCCCC/C=C\C/C=C\CCCCCCC)COP(=O)(O)OCCN. The van der Waals surface area contributed by atoms with E-state index in [0.29, 0.717) is 6.42 Å². The standard InChI is InChI=1S/C71H116NO8P/c1-3-5-7-9-11-13-15-17-19-21-23-25-27-28-29-30-31-32-33-34-35-36-37-38-39-40-42-44-46-48-50-52-54-56-58-60-62-64-71(74)80-69(68-79-81(75,76)78-66-65-72)67-77-70(73)63-61-59-57-55-53-51-49-47-45-43-41-26-24-22-20-18-16-14-12-10-8-6-4-2/h5,7,11,13,16-19,22-25,28-29,31-32,34-35,37-38,40,42,46,48,52,54,69H,3-4,6,8-10,12,14-15,20-21,26-27,30,33,36,39,41,43-45,47,49-51,53,55-68,72H2,1-2H3,(H,75,76)/b7-5-,13-11-,18-16-,19-17-,24-22-,25-23-,29-28-,32-31-,35-34-,38-37-,42-40-,48-46-,54-52-. The number of rotatable bonds is 58. The third-order valence-corrected chi connectivity index (χ3v) is 13.9. The van der Waals surface area contributed by atoms with E-state index in [1.54, 1.807) is 0 Å². The Hall–Kier alpha value is -4.37. The minimum absolute atomic E-state index is 0.0392. The number of phosphoric ester groups is 1. The molecule has 458 valence electrons. The molecule has 0 aromatic heterocycles. The maximum Gasteiger partial charge on any atom is 0.472 e. The van der Waals surface area contributed by atoms with Crippen LogP contribution in [0.4, 0.5) is 0 Å². The van der Waals surface area contributed by atoms with Gasteiger partial charge in [0.15, 0.2) is 6.10 Å². The molecule has 0 aromatic carbocycles. The molecule has 81 heavy (non-hydrogen) atoms. The average Bonchev–Trinajstić information content (AvgIpc) is 3.46. The van der Waals surface area contributed by atoms with Gasteiger partial charge >= 0.3 is 19.8 Å². The Morgan fingerprint density at radius 3 is 1.02 bits per heavy atom. The highest BCUT2D eigenvalue weighted by atomic mass is 31.2. The number of hydrogen-bond acceptors (Lipinski definition) is 8. The summed E-state index contributed by atoms with van der Waals surface area (Å²) < 4.78 is 33.0. The van der Waals surface area contributed by atoms with Gasteiger partial charge in [0.25, 0.3) is 0 Å². The number of esters is 2. The monoisotopic (exact) mass is 1140 g/mol. The lowest BCUT2D eigenvalue weighted by molar-refractivity contribution is -0.161. The average molecular weight is 1140 g/mol. The summed E-state index contributed by atoms with van der Waals surface area (Å²) in [4.78, 5) is 35.3. The van der Waals surface area contributed by atoms with Gasteiger partial charge in [0.05, 0.1) is 13.2 Å². The summed E-state index contributed by atoms with van der Waals surface area (Å²) in [6, 6.07) is 0. The second kappa shape index (κ2) is 64.8. The van der Waals surface area contributed by atoms with Crippen molar-refractivity contribution in [3.63, 3.8) is 0 Å². The van der Waals surface area contributed by atoms with E-state index in [-0.39, 0.29) is 32.6 Å². The normalized spacial score (nSPS) is 14.1. The molecule has 0 amide bonds. The molecule has 0 fully saturated rings. The van der Waals surface area contributed by atoms with Crippen LogP contribution in [0, 0.1) is 0 Å². The largest absolute Gasteiger partial charge is 0.472 e. The molecular weight excluding hydrogens is 1030 g/mol. The van der Waals surface area contributed by atoms with Gasteiger partial charge in [-0.2, -0.15) is 0 Å². The summed E-state index contributed by atoms with van der Waals surface area (Å²) in [5, 5.41) is 0. The van der Waals surface area contributed by atoms with Crippen LogP contribution in [-0.4, -0.2) is 49.3 Å². The van der Waals surface area contributed by atoms with Crippen molar-refractivity contribution >= 4 is 19.8 Å². The van der Waals surface area contributed by atoms with Gasteiger partial charge in [0, 0.05) is 19.4 Å². The quantitative estimate of drug-likeness (QED) is 0.0264. The fourth-order valence-corrected chi connectivity index (χ4v) is 8.96. The van der Waals surface area contributed by atoms with Crippen molar-refractivity contribution in [3.8, 4) is 0 Å². The molecule has 0 bridgehead atoms. The Labute approximate surface area is 496 Å². The molecule has 0 radical (unpaired) electrons. The van der Waals surface area contributed by atoms with Crippen molar-refractivity contribution in [3.05, 3.63) is 158 Å². The topological polar surface area (TPSA) is 134 Å². The predicted molar refractivity (Wildman–Crippen MR) is 348 cm³/mol. The molecule has 0 aliphatic heterocycles. The molecule has 0 rings (SSSR count). The molecule has 2 unspecified atom stereocenters. The lowest BCUT2D eigenvalue weighted by Gasteiger charge is -2.19. The second-order valence-electron chi connectivity index (χ2n) is 20.5. The van der Waals surface area contributed by atoms with Crippen LogP contribution >= 0.6 is 7.82 Å². The second-order valence-corrected chi connectivity index (χ2v) is 22.0. The Morgan fingerprint density at radius 1 is 0.383 bits per heavy atom. The molecule has 10 heteroatoms. The van der Waals surface area contributed by atoms with Crippen molar-refractivity contribution in [2.75, 3.05) is 26.4 Å². The number of hydrogen-bond donors (Lipinski definition) is 2. The summed E-state index contributed by atoms with van der Waals surface area (Å²) in [5.41, 5.74) is 5.39. The van der Waals surface area contributed by atoms with Gasteiger partial charge in [-0.05, 0) is 128 Å². The van der Waals surface area contributed by atoms with Crippen LogP contribution in [0.25, 0.3) is 0 Å². The number of nitrogens with two attached hydrogens (primary N) is 1. The molecule has 0 aliphatic carbocycles. The molecule has 0 heterocycles. The van der Waals surface area contributed by atoms with Crippen LogP contribution in [0.2, 0.25) is 0 Å². The highest BCUT2D eigenvalue weighted by molar-refractivity contribution is 7.47. The Bertz CT molecular complexity index is 1880. The van der Waals surface area contributed by atoms with Crippen molar-refractivity contribution in [1.82, 2.24) is 0 Å². The Morgan fingerprint density at radius 2 is 0.679 bits per heavy atom. The minimum atomic E-state index is -4.41. The number of carbonyl (C=O) groups is 2. The highest BCUT2D eigenvalue weighted by Gasteiger charge is 2.26. The summed E-state index contributed by atoms with van der Waals surface area (Å²) in [6.07, 6.45) is 94.5. The Kier molecular flexibility index (Phi) is 61.3. The van der Waals surface area contributed by atoms with E-state index in [9.17, 15) is 19.0 Å². The van der Waals surface area contributed by atoms with E-state index in [4.69, 9.17) is 24.3 Å². The molecule has 0 aromatic rings. The molecule has 0 saturated heterocycles. The van der Waals surface area contributed by atoms with Crippen molar-refractivity contribution in [2.45, 2.75) is 251 Å². The van der Waals surface area contributed by atoms with Crippen LogP contribution in [0.3, 0.4) is 0 Å². The Balaban J connectivity index is 4.08. The van der Waals surface area contributed by atoms with Gasteiger partial charge in [-0.25, -0.2) is 4.57 Å². The number of unbranched alkanes of at least 4 members (excludes halogenated alkanes) is 19. The molecule has 0 spiro atoms. The third kappa shape index (κ3) is 64.7. The minimum Gasteiger partial charge on any atom is -0.462 e.